The Kier molecular flexibility index (Phi) is 2.85. The highest BCUT2D eigenvalue weighted by molar-refractivity contribution is 5.55. The second kappa shape index (κ2) is 3.54. The van der Waals surface area contributed by atoms with E-state index in [9.17, 15) is 15.0 Å². The van der Waals surface area contributed by atoms with Crippen LogP contribution in [-0.4, -0.2) is 28.7 Å². The summed E-state index contributed by atoms with van der Waals surface area (Å²) in [6.07, 6.45) is 0.249. The fraction of sp³-hybridized carbons (Fsp3) is 0.889. The van der Waals surface area contributed by atoms with Gasteiger partial charge in [-0.25, -0.2) is 0 Å². The average molecular weight is 172 g/mol. The molecule has 1 aliphatic carbocycles. The third-order valence-electron chi connectivity index (χ3n) is 2.94. The van der Waals surface area contributed by atoms with Crippen LogP contribution in [-0.2, 0) is 4.79 Å². The molecule has 0 unspecified atom stereocenters. The Bertz CT molecular complexity index is 169. The molecule has 70 valence electrons. The number of rotatable bonds is 1. The van der Waals surface area contributed by atoms with Crippen molar-refractivity contribution in [3.63, 3.8) is 0 Å². The van der Waals surface area contributed by atoms with Crippen LogP contribution >= 0.6 is 0 Å². The van der Waals surface area contributed by atoms with E-state index in [2.05, 4.69) is 0 Å². The molecule has 1 aliphatic rings. The molecule has 0 bridgehead atoms. The number of aliphatic hydroxyl groups excluding tert-OH is 2. The van der Waals surface area contributed by atoms with Crippen molar-refractivity contribution in [2.75, 3.05) is 0 Å². The van der Waals surface area contributed by atoms with Crippen molar-refractivity contribution in [1.29, 1.82) is 0 Å². The van der Waals surface area contributed by atoms with Crippen LogP contribution in [0.25, 0.3) is 0 Å². The standard InChI is InChI=1S/C9H16O3/c1-5-3-8(11)7(4-10)6(2)9(5)12/h4-9,11-12H,3H2,1-2H3/t5-,6-,7-,8-,9+/m0/s1. The van der Waals surface area contributed by atoms with Gasteiger partial charge >= 0.3 is 0 Å². The molecule has 12 heavy (non-hydrogen) atoms. The molecule has 0 aromatic heterocycles. The molecule has 1 saturated carbocycles. The lowest BCUT2D eigenvalue weighted by atomic mass is 9.72. The van der Waals surface area contributed by atoms with Gasteiger partial charge in [0.2, 0.25) is 0 Å². The van der Waals surface area contributed by atoms with Gasteiger partial charge < -0.3 is 15.0 Å². The molecule has 0 aromatic carbocycles. The molecule has 5 atom stereocenters. The van der Waals surface area contributed by atoms with Crippen LogP contribution in [0, 0.1) is 17.8 Å². The summed E-state index contributed by atoms with van der Waals surface area (Å²) in [7, 11) is 0. The molecular weight excluding hydrogens is 156 g/mol. The summed E-state index contributed by atoms with van der Waals surface area (Å²) in [6, 6.07) is 0. The number of aliphatic hydroxyl groups is 2. The summed E-state index contributed by atoms with van der Waals surface area (Å²) in [5.74, 6) is -0.427. The summed E-state index contributed by atoms with van der Waals surface area (Å²) in [5, 5.41) is 19.1. The number of carbonyl (C=O) groups excluding carboxylic acids is 1. The van der Waals surface area contributed by atoms with Crippen molar-refractivity contribution in [3.05, 3.63) is 0 Å². The first kappa shape index (κ1) is 9.68. The van der Waals surface area contributed by atoms with Crippen molar-refractivity contribution in [1.82, 2.24) is 0 Å². The monoisotopic (exact) mass is 172 g/mol. The SMILES string of the molecule is C[C@@H]1[C@H](O)[C@@H](C)C[C@H](O)[C@H]1C=O. The van der Waals surface area contributed by atoms with Crippen molar-refractivity contribution >= 4 is 6.29 Å². The number of aldehydes is 1. The van der Waals surface area contributed by atoms with E-state index in [4.69, 9.17) is 0 Å². The molecule has 3 heteroatoms. The zero-order chi connectivity index (χ0) is 9.30. The topological polar surface area (TPSA) is 57.5 Å². The molecule has 0 saturated heterocycles. The Morgan fingerprint density at radius 1 is 1.33 bits per heavy atom. The lowest BCUT2D eigenvalue weighted by Gasteiger charge is -2.37. The van der Waals surface area contributed by atoms with Gasteiger partial charge in [0, 0.05) is 5.92 Å². The maximum atomic E-state index is 10.6. The summed E-state index contributed by atoms with van der Waals surface area (Å²) >= 11 is 0. The van der Waals surface area contributed by atoms with Gasteiger partial charge in [-0.1, -0.05) is 13.8 Å². The fourth-order valence-corrected chi connectivity index (χ4v) is 1.99. The predicted molar refractivity (Wildman–Crippen MR) is 44.5 cm³/mol. The minimum absolute atomic E-state index is 0.0891. The summed E-state index contributed by atoms with van der Waals surface area (Å²) in [4.78, 5) is 10.6. The van der Waals surface area contributed by atoms with Gasteiger partial charge in [0.1, 0.15) is 6.29 Å². The molecule has 0 aromatic rings. The number of hydrogen-bond donors (Lipinski definition) is 2. The molecular formula is C9H16O3. The van der Waals surface area contributed by atoms with Gasteiger partial charge in [0.25, 0.3) is 0 Å². The first-order valence-electron chi connectivity index (χ1n) is 4.39. The third kappa shape index (κ3) is 1.52. The molecule has 2 N–H and O–H groups in total. The molecule has 0 radical (unpaired) electrons. The van der Waals surface area contributed by atoms with Gasteiger partial charge in [0.05, 0.1) is 12.2 Å². The lowest BCUT2D eigenvalue weighted by molar-refractivity contribution is -0.126. The summed E-state index contributed by atoms with van der Waals surface area (Å²) in [5.41, 5.74) is 0. The minimum Gasteiger partial charge on any atom is -0.393 e. The average Bonchev–Trinajstić information content (AvgIpc) is 2.01. The van der Waals surface area contributed by atoms with Gasteiger partial charge in [-0.15, -0.1) is 0 Å². The number of carbonyl (C=O) groups is 1. The molecule has 1 fully saturated rings. The van der Waals surface area contributed by atoms with Crippen molar-refractivity contribution in [2.45, 2.75) is 32.5 Å². The summed E-state index contributed by atoms with van der Waals surface area (Å²) in [6.45, 7) is 3.70. The highest BCUT2D eigenvalue weighted by Gasteiger charge is 2.38. The molecule has 0 aliphatic heterocycles. The van der Waals surface area contributed by atoms with Crippen LogP contribution in [0.3, 0.4) is 0 Å². The first-order valence-corrected chi connectivity index (χ1v) is 4.39. The number of hydrogen-bond acceptors (Lipinski definition) is 3. The Hall–Kier alpha value is -0.410. The molecule has 0 amide bonds. The van der Waals surface area contributed by atoms with E-state index >= 15 is 0 Å². The second-order valence-electron chi connectivity index (χ2n) is 3.84. The summed E-state index contributed by atoms with van der Waals surface area (Å²) < 4.78 is 0. The minimum atomic E-state index is -0.573. The van der Waals surface area contributed by atoms with Gasteiger partial charge in [0.15, 0.2) is 0 Å². The molecule has 0 spiro atoms. The Morgan fingerprint density at radius 2 is 1.92 bits per heavy atom. The Balaban J connectivity index is 2.71. The zero-order valence-electron chi connectivity index (χ0n) is 7.47. The molecule has 3 nitrogen and oxygen atoms in total. The highest BCUT2D eigenvalue weighted by Crippen LogP contribution is 2.32. The normalized spacial score (nSPS) is 48.8. The van der Waals surface area contributed by atoms with Crippen molar-refractivity contribution in [2.24, 2.45) is 17.8 Å². The van der Waals surface area contributed by atoms with Crippen molar-refractivity contribution in [3.8, 4) is 0 Å². The Labute approximate surface area is 72.4 Å². The maximum Gasteiger partial charge on any atom is 0.126 e. The van der Waals surface area contributed by atoms with Crippen LogP contribution in [0.1, 0.15) is 20.3 Å². The maximum absolute atomic E-state index is 10.6. The Morgan fingerprint density at radius 3 is 2.42 bits per heavy atom. The largest absolute Gasteiger partial charge is 0.393 e. The van der Waals surface area contributed by atoms with Crippen molar-refractivity contribution < 1.29 is 15.0 Å². The lowest BCUT2D eigenvalue weighted by Crippen LogP contribution is -2.44. The van der Waals surface area contributed by atoms with Crippen LogP contribution in [0.2, 0.25) is 0 Å². The predicted octanol–water partition coefficient (Wildman–Crippen LogP) is 0.199. The van der Waals surface area contributed by atoms with Gasteiger partial charge in [-0.05, 0) is 18.3 Å². The van der Waals surface area contributed by atoms with E-state index in [1.807, 2.05) is 13.8 Å². The first-order chi connectivity index (χ1) is 5.57. The molecule has 0 heterocycles. The van der Waals surface area contributed by atoms with Crippen LogP contribution in [0.15, 0.2) is 0 Å². The van der Waals surface area contributed by atoms with E-state index in [0.717, 1.165) is 6.29 Å². The van der Waals surface area contributed by atoms with Gasteiger partial charge in [-0.2, -0.15) is 0 Å². The zero-order valence-corrected chi connectivity index (χ0v) is 7.47. The van der Waals surface area contributed by atoms with Crippen LogP contribution in [0.5, 0.6) is 0 Å². The van der Waals surface area contributed by atoms with E-state index in [1.54, 1.807) is 0 Å². The molecule has 1 rings (SSSR count). The van der Waals surface area contributed by atoms with Gasteiger partial charge in [-0.3, -0.25) is 0 Å². The van der Waals surface area contributed by atoms with Crippen LogP contribution < -0.4 is 0 Å². The van der Waals surface area contributed by atoms with Crippen LogP contribution in [0.4, 0.5) is 0 Å². The fourth-order valence-electron chi connectivity index (χ4n) is 1.99. The van der Waals surface area contributed by atoms with E-state index < -0.39 is 18.1 Å². The quantitative estimate of drug-likeness (QED) is 0.555. The smallest absolute Gasteiger partial charge is 0.126 e. The van der Waals surface area contributed by atoms with E-state index in [1.165, 1.54) is 0 Å². The second-order valence-corrected chi connectivity index (χ2v) is 3.84. The third-order valence-corrected chi connectivity index (χ3v) is 2.94. The van der Waals surface area contributed by atoms with E-state index in [-0.39, 0.29) is 11.8 Å². The highest BCUT2D eigenvalue weighted by atomic mass is 16.3. The van der Waals surface area contributed by atoms with E-state index in [0.29, 0.717) is 6.42 Å².